The summed E-state index contributed by atoms with van der Waals surface area (Å²) in [4.78, 5) is 14.4. The van der Waals surface area contributed by atoms with Crippen LogP contribution in [0.15, 0.2) is 36.4 Å². The van der Waals surface area contributed by atoms with Gasteiger partial charge in [-0.05, 0) is 43.2 Å². The van der Waals surface area contributed by atoms with Crippen molar-refractivity contribution >= 4 is 17.3 Å². The summed E-state index contributed by atoms with van der Waals surface area (Å²) in [7, 11) is 0. The number of anilines is 2. The lowest BCUT2D eigenvalue weighted by atomic mass is 9.99. The second kappa shape index (κ2) is 6.53. The second-order valence-corrected chi connectivity index (χ2v) is 6.18. The van der Waals surface area contributed by atoms with Crippen LogP contribution in [0.5, 0.6) is 5.75 Å². The van der Waals surface area contributed by atoms with E-state index < -0.39 is 6.10 Å². The summed E-state index contributed by atoms with van der Waals surface area (Å²) in [5.74, 6) is 0.467. The van der Waals surface area contributed by atoms with E-state index >= 15 is 0 Å². The number of nitrogens with two attached hydrogens (primary N) is 1. The topological polar surface area (TPSA) is 75.8 Å². The molecule has 1 aliphatic rings. The molecule has 126 valence electrons. The van der Waals surface area contributed by atoms with E-state index in [1.54, 1.807) is 23.1 Å². The van der Waals surface area contributed by atoms with Crippen LogP contribution in [0.4, 0.5) is 11.4 Å². The molecule has 5 heteroatoms. The number of carbonyl (C=O) groups excluding carboxylic acids is 1. The first-order chi connectivity index (χ1) is 11.5. The molecule has 1 amide bonds. The van der Waals surface area contributed by atoms with Gasteiger partial charge in [0.25, 0.3) is 5.91 Å². The molecule has 2 aromatic rings. The number of ether oxygens (including phenoxy) is 1. The average Bonchev–Trinajstić information content (AvgIpc) is 2.54. The molecule has 0 aromatic heterocycles. The number of nitrogen functional groups attached to an aromatic ring is 1. The van der Waals surface area contributed by atoms with Crippen LogP contribution in [-0.2, 0) is 11.2 Å². The fourth-order valence-corrected chi connectivity index (χ4v) is 3.08. The number of hydrogen-bond donors (Lipinski definition) is 2. The van der Waals surface area contributed by atoms with Crippen molar-refractivity contribution in [3.05, 3.63) is 53.1 Å². The van der Waals surface area contributed by atoms with Gasteiger partial charge in [0.15, 0.2) is 6.10 Å². The fourth-order valence-electron chi connectivity index (χ4n) is 3.08. The molecule has 5 nitrogen and oxygen atoms in total. The maximum Gasteiger partial charge on any atom is 0.268 e. The van der Waals surface area contributed by atoms with Gasteiger partial charge in [-0.1, -0.05) is 23.8 Å². The number of nitrogens with zero attached hydrogens (tertiary/aromatic N) is 1. The molecule has 3 rings (SSSR count). The van der Waals surface area contributed by atoms with E-state index in [2.05, 4.69) is 6.07 Å². The summed E-state index contributed by atoms with van der Waals surface area (Å²) in [6.07, 6.45) is -0.106. The monoisotopic (exact) mass is 326 g/mol. The normalized spacial score (nSPS) is 16.7. The standard InChI is InChI=1S/C19H22N2O3/c1-12-3-4-14(13(2)9-12)10-18-19(23)21(7-8-22)16-11-15(20)5-6-17(16)24-18/h3-6,9,11,18,22H,7-8,10,20H2,1-2H3. The van der Waals surface area contributed by atoms with Crippen molar-refractivity contribution in [3.8, 4) is 5.75 Å². The third-order valence-corrected chi connectivity index (χ3v) is 4.31. The summed E-state index contributed by atoms with van der Waals surface area (Å²) < 4.78 is 5.94. The first kappa shape index (κ1) is 16.3. The lowest BCUT2D eigenvalue weighted by Gasteiger charge is -2.34. The molecule has 0 bridgehead atoms. The van der Waals surface area contributed by atoms with Gasteiger partial charge < -0.3 is 20.5 Å². The minimum atomic E-state index is -0.603. The number of benzene rings is 2. The van der Waals surface area contributed by atoms with Crippen LogP contribution in [0.3, 0.4) is 0 Å². The van der Waals surface area contributed by atoms with Gasteiger partial charge in [0.05, 0.1) is 12.3 Å². The van der Waals surface area contributed by atoms with Crippen LogP contribution in [0, 0.1) is 13.8 Å². The number of aliphatic hydroxyl groups is 1. The van der Waals surface area contributed by atoms with Gasteiger partial charge >= 0.3 is 0 Å². The van der Waals surface area contributed by atoms with Crippen LogP contribution in [0.25, 0.3) is 0 Å². The van der Waals surface area contributed by atoms with Crippen LogP contribution in [0.1, 0.15) is 16.7 Å². The highest BCUT2D eigenvalue weighted by Gasteiger charge is 2.34. The summed E-state index contributed by atoms with van der Waals surface area (Å²) >= 11 is 0. The van der Waals surface area contributed by atoms with Gasteiger partial charge in [-0.15, -0.1) is 0 Å². The van der Waals surface area contributed by atoms with E-state index in [0.717, 1.165) is 11.1 Å². The highest BCUT2D eigenvalue weighted by Crippen LogP contribution is 2.36. The number of β-amino-alcohol motifs (C(OH)–C–C–N with tert-alkyl or cyclic N) is 1. The van der Waals surface area contributed by atoms with Crippen LogP contribution < -0.4 is 15.4 Å². The number of carbonyl (C=O) groups is 1. The number of fused-ring (bicyclic) bond motifs is 1. The molecule has 1 unspecified atom stereocenters. The second-order valence-electron chi connectivity index (χ2n) is 6.18. The SMILES string of the molecule is Cc1ccc(CC2Oc3ccc(N)cc3N(CCO)C2=O)c(C)c1. The van der Waals surface area contributed by atoms with Crippen molar-refractivity contribution in [3.63, 3.8) is 0 Å². The Bertz CT molecular complexity index is 773. The van der Waals surface area contributed by atoms with Gasteiger partial charge in [-0.25, -0.2) is 0 Å². The Morgan fingerprint density at radius 1 is 1.21 bits per heavy atom. The van der Waals surface area contributed by atoms with Gasteiger partial charge in [0, 0.05) is 18.7 Å². The Kier molecular flexibility index (Phi) is 4.44. The van der Waals surface area contributed by atoms with Crippen molar-refractivity contribution in [1.82, 2.24) is 0 Å². The summed E-state index contributed by atoms with van der Waals surface area (Å²) in [6, 6.07) is 11.4. The van der Waals surface area contributed by atoms with Crippen LogP contribution in [-0.4, -0.2) is 30.3 Å². The van der Waals surface area contributed by atoms with Crippen molar-refractivity contribution in [2.75, 3.05) is 23.8 Å². The highest BCUT2D eigenvalue weighted by atomic mass is 16.5. The van der Waals surface area contributed by atoms with Crippen LogP contribution in [0.2, 0.25) is 0 Å². The molecule has 3 N–H and O–H groups in total. The number of hydrogen-bond acceptors (Lipinski definition) is 4. The Balaban J connectivity index is 1.92. The molecule has 1 aliphatic heterocycles. The Morgan fingerprint density at radius 3 is 2.71 bits per heavy atom. The Hall–Kier alpha value is -2.53. The molecule has 0 saturated carbocycles. The van der Waals surface area contributed by atoms with Crippen molar-refractivity contribution in [1.29, 1.82) is 0 Å². The zero-order valence-corrected chi connectivity index (χ0v) is 14.0. The van der Waals surface area contributed by atoms with Crippen molar-refractivity contribution in [2.45, 2.75) is 26.4 Å². The lowest BCUT2D eigenvalue weighted by molar-refractivity contribution is -0.126. The maximum atomic E-state index is 12.8. The lowest BCUT2D eigenvalue weighted by Crippen LogP contribution is -2.48. The molecule has 0 aliphatic carbocycles. The molecule has 0 fully saturated rings. The summed E-state index contributed by atoms with van der Waals surface area (Å²) in [5.41, 5.74) is 10.4. The molecular weight excluding hydrogens is 304 g/mol. The predicted octanol–water partition coefficient (Wildman–Crippen LogP) is 2.21. The summed E-state index contributed by atoms with van der Waals surface area (Å²) in [6.45, 7) is 4.19. The Labute approximate surface area is 141 Å². The van der Waals surface area contributed by atoms with E-state index in [1.165, 1.54) is 5.56 Å². The van der Waals surface area contributed by atoms with E-state index in [1.807, 2.05) is 26.0 Å². The minimum absolute atomic E-state index is 0.115. The molecular formula is C19H22N2O3. The first-order valence-electron chi connectivity index (χ1n) is 8.04. The van der Waals surface area contributed by atoms with E-state index in [0.29, 0.717) is 23.5 Å². The van der Waals surface area contributed by atoms with E-state index in [-0.39, 0.29) is 19.1 Å². The molecule has 1 atom stereocenters. The molecule has 2 aromatic carbocycles. The molecule has 0 saturated heterocycles. The minimum Gasteiger partial charge on any atom is -0.478 e. The number of aryl methyl sites for hydroxylation is 2. The van der Waals surface area contributed by atoms with Gasteiger partial charge in [0.2, 0.25) is 0 Å². The zero-order chi connectivity index (χ0) is 17.3. The maximum absolute atomic E-state index is 12.8. The molecule has 0 spiro atoms. The van der Waals surface area contributed by atoms with Crippen molar-refractivity contribution in [2.24, 2.45) is 0 Å². The predicted molar refractivity (Wildman–Crippen MR) is 94.3 cm³/mol. The number of rotatable bonds is 4. The van der Waals surface area contributed by atoms with E-state index in [9.17, 15) is 9.90 Å². The smallest absolute Gasteiger partial charge is 0.268 e. The van der Waals surface area contributed by atoms with Gasteiger partial charge in [-0.3, -0.25) is 4.79 Å². The van der Waals surface area contributed by atoms with Gasteiger partial charge in [0.1, 0.15) is 5.75 Å². The van der Waals surface area contributed by atoms with Gasteiger partial charge in [-0.2, -0.15) is 0 Å². The molecule has 24 heavy (non-hydrogen) atoms. The largest absolute Gasteiger partial charge is 0.478 e. The number of aliphatic hydroxyl groups excluding tert-OH is 1. The zero-order valence-electron chi connectivity index (χ0n) is 14.0. The third-order valence-electron chi connectivity index (χ3n) is 4.31. The first-order valence-corrected chi connectivity index (χ1v) is 8.04. The highest BCUT2D eigenvalue weighted by molar-refractivity contribution is 6.00. The molecule has 1 heterocycles. The summed E-state index contributed by atoms with van der Waals surface area (Å²) in [5, 5.41) is 9.32. The Morgan fingerprint density at radius 2 is 2.00 bits per heavy atom. The third kappa shape index (κ3) is 3.08. The average molecular weight is 326 g/mol. The van der Waals surface area contributed by atoms with Crippen LogP contribution >= 0.6 is 0 Å². The quantitative estimate of drug-likeness (QED) is 0.845. The number of amides is 1. The van der Waals surface area contributed by atoms with Crippen molar-refractivity contribution < 1.29 is 14.6 Å². The van der Waals surface area contributed by atoms with E-state index in [4.69, 9.17) is 10.5 Å². The fraction of sp³-hybridized carbons (Fsp3) is 0.316. The molecule has 0 radical (unpaired) electrons.